The van der Waals surface area contributed by atoms with Gasteiger partial charge in [-0.2, -0.15) is 0 Å². The number of rotatable bonds is 5. The molecule has 3 aromatic rings. The van der Waals surface area contributed by atoms with Crippen LogP contribution in [0.25, 0.3) is 10.9 Å². The normalized spacial score (nSPS) is 14.3. The molecule has 1 aromatic heterocycles. The van der Waals surface area contributed by atoms with E-state index in [2.05, 4.69) is 33.8 Å². The second kappa shape index (κ2) is 7.11. The van der Waals surface area contributed by atoms with Gasteiger partial charge >= 0.3 is 6.03 Å². The maximum atomic E-state index is 12.3. The van der Waals surface area contributed by atoms with E-state index in [0.717, 1.165) is 41.8 Å². The standard InChI is InChI=1S/C22H23N3O3/c26-22(23-8-5-15-12-24-19-4-2-1-3-16(15)19)25-13-18-17-7-10-27-20(17)11-14-6-9-28-21(14)18/h1-4,11-12,24H,5-10,13H2,(H2,23,25,26). The SMILES string of the molecule is O=C(NCCc1c[nH]c2ccccc12)NCc1c2c(cc3c1OCC3)OCC2. The molecule has 3 N–H and O–H groups in total. The van der Waals surface area contributed by atoms with Crippen LogP contribution in [-0.2, 0) is 25.8 Å². The van der Waals surface area contributed by atoms with E-state index >= 15 is 0 Å². The van der Waals surface area contributed by atoms with Gasteiger partial charge in [0.25, 0.3) is 0 Å². The molecular formula is C22H23N3O3. The summed E-state index contributed by atoms with van der Waals surface area (Å²) in [7, 11) is 0. The summed E-state index contributed by atoms with van der Waals surface area (Å²) in [6.45, 7) is 2.43. The monoisotopic (exact) mass is 377 g/mol. The van der Waals surface area contributed by atoms with E-state index < -0.39 is 0 Å². The molecule has 0 radical (unpaired) electrons. The highest BCUT2D eigenvalue weighted by Gasteiger charge is 2.26. The summed E-state index contributed by atoms with van der Waals surface area (Å²) >= 11 is 0. The molecule has 0 saturated carbocycles. The summed E-state index contributed by atoms with van der Waals surface area (Å²) in [5, 5.41) is 7.14. The van der Waals surface area contributed by atoms with Crippen molar-refractivity contribution in [3.8, 4) is 11.5 Å². The molecule has 6 heteroatoms. The van der Waals surface area contributed by atoms with Crippen LogP contribution in [0.5, 0.6) is 11.5 Å². The maximum Gasteiger partial charge on any atom is 0.315 e. The van der Waals surface area contributed by atoms with Crippen molar-refractivity contribution in [3.05, 3.63) is 58.8 Å². The van der Waals surface area contributed by atoms with Crippen molar-refractivity contribution in [2.75, 3.05) is 19.8 Å². The first kappa shape index (κ1) is 17.0. The number of hydrogen-bond acceptors (Lipinski definition) is 3. The lowest BCUT2D eigenvalue weighted by Crippen LogP contribution is -2.36. The van der Waals surface area contributed by atoms with Gasteiger partial charge in [-0.25, -0.2) is 4.79 Å². The number of hydrogen-bond donors (Lipinski definition) is 3. The lowest BCUT2D eigenvalue weighted by atomic mass is 9.99. The van der Waals surface area contributed by atoms with Gasteiger partial charge in [0.2, 0.25) is 0 Å². The number of fused-ring (bicyclic) bond motifs is 3. The molecule has 0 bridgehead atoms. The van der Waals surface area contributed by atoms with E-state index in [4.69, 9.17) is 9.47 Å². The Hall–Kier alpha value is -3.15. The van der Waals surface area contributed by atoms with Gasteiger partial charge in [0.15, 0.2) is 0 Å². The van der Waals surface area contributed by atoms with Crippen LogP contribution in [0.4, 0.5) is 4.79 Å². The molecule has 0 spiro atoms. The lowest BCUT2D eigenvalue weighted by molar-refractivity contribution is 0.240. The molecule has 3 heterocycles. The van der Waals surface area contributed by atoms with Gasteiger partial charge in [-0.1, -0.05) is 18.2 Å². The molecule has 2 aliphatic rings. The van der Waals surface area contributed by atoms with Crippen LogP contribution in [0.1, 0.15) is 22.3 Å². The zero-order chi connectivity index (χ0) is 18.9. The number of amides is 2. The van der Waals surface area contributed by atoms with Crippen LogP contribution < -0.4 is 20.1 Å². The fourth-order valence-corrected chi connectivity index (χ4v) is 4.15. The Labute approximate surface area is 163 Å². The number of aromatic nitrogens is 1. The number of nitrogens with one attached hydrogen (secondary N) is 3. The molecule has 2 aliphatic heterocycles. The van der Waals surface area contributed by atoms with Crippen molar-refractivity contribution in [2.45, 2.75) is 25.8 Å². The van der Waals surface area contributed by atoms with E-state index in [0.29, 0.717) is 26.3 Å². The van der Waals surface area contributed by atoms with E-state index in [-0.39, 0.29) is 6.03 Å². The number of para-hydroxylation sites is 1. The third-order valence-electron chi connectivity index (χ3n) is 5.54. The number of urea groups is 1. The average Bonchev–Trinajstić information content (AvgIpc) is 3.44. The van der Waals surface area contributed by atoms with E-state index in [1.807, 2.05) is 18.3 Å². The maximum absolute atomic E-state index is 12.3. The third kappa shape index (κ3) is 3.05. The minimum absolute atomic E-state index is 0.164. The highest BCUT2D eigenvalue weighted by Crippen LogP contribution is 2.40. The number of benzene rings is 2. The van der Waals surface area contributed by atoms with Crippen LogP contribution >= 0.6 is 0 Å². The number of ether oxygens (including phenoxy) is 2. The average molecular weight is 377 g/mol. The molecule has 0 atom stereocenters. The van der Waals surface area contributed by atoms with E-state index in [1.165, 1.54) is 22.1 Å². The highest BCUT2D eigenvalue weighted by molar-refractivity contribution is 5.83. The minimum Gasteiger partial charge on any atom is -0.493 e. The molecule has 0 unspecified atom stereocenters. The second-order valence-electron chi connectivity index (χ2n) is 7.24. The van der Waals surface area contributed by atoms with Crippen LogP contribution in [0.2, 0.25) is 0 Å². The van der Waals surface area contributed by atoms with Gasteiger partial charge in [0, 0.05) is 59.7 Å². The Morgan fingerprint density at radius 2 is 2.00 bits per heavy atom. The molecule has 0 fully saturated rings. The summed E-state index contributed by atoms with van der Waals surface area (Å²) < 4.78 is 11.6. The predicted octanol–water partition coefficient (Wildman–Crippen LogP) is 3.08. The Morgan fingerprint density at radius 3 is 2.96 bits per heavy atom. The van der Waals surface area contributed by atoms with E-state index in [1.54, 1.807) is 0 Å². The molecule has 5 rings (SSSR count). The fourth-order valence-electron chi connectivity index (χ4n) is 4.15. The first-order valence-corrected chi connectivity index (χ1v) is 9.79. The molecule has 2 aromatic carbocycles. The summed E-state index contributed by atoms with van der Waals surface area (Å²) in [5.41, 5.74) is 5.74. The Kier molecular flexibility index (Phi) is 4.31. The molecular weight excluding hydrogens is 354 g/mol. The number of carbonyl (C=O) groups excluding carboxylic acids is 1. The number of aromatic amines is 1. The van der Waals surface area contributed by atoms with Crippen molar-refractivity contribution >= 4 is 16.9 Å². The van der Waals surface area contributed by atoms with Crippen molar-refractivity contribution in [1.29, 1.82) is 0 Å². The molecule has 0 aliphatic carbocycles. The lowest BCUT2D eigenvalue weighted by Gasteiger charge is -2.14. The van der Waals surface area contributed by atoms with Crippen molar-refractivity contribution in [2.24, 2.45) is 0 Å². The largest absolute Gasteiger partial charge is 0.493 e. The zero-order valence-corrected chi connectivity index (χ0v) is 15.6. The van der Waals surface area contributed by atoms with E-state index in [9.17, 15) is 4.79 Å². The van der Waals surface area contributed by atoms with Crippen molar-refractivity contribution < 1.29 is 14.3 Å². The molecule has 6 nitrogen and oxygen atoms in total. The Bertz CT molecular complexity index is 1010. The Balaban J connectivity index is 1.20. The van der Waals surface area contributed by atoms with Crippen molar-refractivity contribution in [1.82, 2.24) is 15.6 Å². The number of carbonyl (C=O) groups is 1. The summed E-state index contributed by atoms with van der Waals surface area (Å²) in [6.07, 6.45) is 4.56. The smallest absolute Gasteiger partial charge is 0.315 e. The van der Waals surface area contributed by atoms with Crippen LogP contribution in [-0.4, -0.2) is 30.8 Å². The second-order valence-corrected chi connectivity index (χ2v) is 7.24. The first-order valence-electron chi connectivity index (χ1n) is 9.79. The molecule has 28 heavy (non-hydrogen) atoms. The van der Waals surface area contributed by atoms with Crippen molar-refractivity contribution in [3.63, 3.8) is 0 Å². The highest BCUT2D eigenvalue weighted by atomic mass is 16.5. The molecule has 2 amide bonds. The van der Waals surface area contributed by atoms with Crippen LogP contribution in [0, 0.1) is 0 Å². The molecule has 0 saturated heterocycles. The summed E-state index contributed by atoms with van der Waals surface area (Å²) in [5.74, 6) is 1.88. The number of H-pyrrole nitrogens is 1. The first-order chi connectivity index (χ1) is 13.8. The zero-order valence-electron chi connectivity index (χ0n) is 15.6. The predicted molar refractivity (Wildman–Crippen MR) is 107 cm³/mol. The van der Waals surface area contributed by atoms with Gasteiger partial charge in [-0.15, -0.1) is 0 Å². The van der Waals surface area contributed by atoms with Gasteiger partial charge in [-0.3, -0.25) is 0 Å². The van der Waals surface area contributed by atoms with Gasteiger partial charge in [0.05, 0.1) is 13.2 Å². The minimum atomic E-state index is -0.164. The quantitative estimate of drug-likeness (QED) is 0.640. The fraction of sp³-hybridized carbons (Fsp3) is 0.318. The van der Waals surface area contributed by atoms with Gasteiger partial charge in [-0.05, 0) is 24.1 Å². The summed E-state index contributed by atoms with van der Waals surface area (Å²) in [4.78, 5) is 15.6. The Morgan fingerprint density at radius 1 is 1.11 bits per heavy atom. The van der Waals surface area contributed by atoms with Gasteiger partial charge in [0.1, 0.15) is 11.5 Å². The molecule has 144 valence electrons. The topological polar surface area (TPSA) is 75.4 Å². The third-order valence-corrected chi connectivity index (χ3v) is 5.54. The van der Waals surface area contributed by atoms with Gasteiger partial charge < -0.3 is 25.1 Å². The van der Waals surface area contributed by atoms with Crippen LogP contribution in [0.3, 0.4) is 0 Å². The summed E-state index contributed by atoms with van der Waals surface area (Å²) in [6, 6.07) is 10.1. The van der Waals surface area contributed by atoms with Crippen LogP contribution in [0.15, 0.2) is 36.5 Å².